The summed E-state index contributed by atoms with van der Waals surface area (Å²) in [5.74, 6) is 0.283. The van der Waals surface area contributed by atoms with Crippen molar-refractivity contribution in [2.24, 2.45) is 0 Å². The van der Waals surface area contributed by atoms with Crippen LogP contribution in [-0.2, 0) is 9.53 Å². The summed E-state index contributed by atoms with van der Waals surface area (Å²) >= 11 is 0. The second-order valence-corrected chi connectivity index (χ2v) is 5.96. The van der Waals surface area contributed by atoms with E-state index in [-0.39, 0.29) is 18.1 Å². The first-order valence-corrected chi connectivity index (χ1v) is 7.62. The second kappa shape index (κ2) is 5.87. The van der Waals surface area contributed by atoms with Gasteiger partial charge in [-0.15, -0.1) is 0 Å². The van der Waals surface area contributed by atoms with Gasteiger partial charge in [0.05, 0.1) is 11.7 Å². The second-order valence-electron chi connectivity index (χ2n) is 5.96. The smallest absolute Gasteiger partial charge is 0.338 e. The van der Waals surface area contributed by atoms with Crippen molar-refractivity contribution in [1.29, 1.82) is 0 Å². The number of rotatable bonds is 3. The summed E-state index contributed by atoms with van der Waals surface area (Å²) in [5, 5.41) is 7.41. The number of carbonyl (C=O) groups is 1. The summed E-state index contributed by atoms with van der Waals surface area (Å²) in [5.41, 5.74) is 3.43. The maximum Gasteiger partial charge on any atom is 0.338 e. The van der Waals surface area contributed by atoms with Crippen LogP contribution in [-0.4, -0.2) is 26.8 Å². The van der Waals surface area contributed by atoms with E-state index in [2.05, 4.69) is 15.4 Å². The molecule has 3 rings (SSSR count). The number of benzene rings is 1. The molecule has 1 atom stereocenters. The topological polar surface area (TPSA) is 69.0 Å². The number of hydrogen-bond donors (Lipinski definition) is 1. The zero-order chi connectivity index (χ0) is 16.6. The molecule has 1 aromatic heterocycles. The van der Waals surface area contributed by atoms with Crippen LogP contribution in [0.25, 0.3) is 0 Å². The van der Waals surface area contributed by atoms with Crippen molar-refractivity contribution >= 4 is 11.9 Å². The van der Waals surface area contributed by atoms with Crippen molar-refractivity contribution in [3.63, 3.8) is 0 Å². The Morgan fingerprint density at radius 1 is 1.26 bits per heavy atom. The first-order valence-electron chi connectivity index (χ1n) is 7.62. The average Bonchev–Trinajstić information content (AvgIpc) is 2.93. The molecular formula is C17H20N4O2. The van der Waals surface area contributed by atoms with E-state index in [0.29, 0.717) is 11.5 Å². The number of anilines is 1. The minimum Gasteiger partial charge on any atom is -0.459 e. The first kappa shape index (κ1) is 15.3. The van der Waals surface area contributed by atoms with Gasteiger partial charge in [-0.2, -0.15) is 10.1 Å². The van der Waals surface area contributed by atoms with Gasteiger partial charge in [0.2, 0.25) is 5.95 Å². The van der Waals surface area contributed by atoms with E-state index < -0.39 is 0 Å². The molecule has 0 aliphatic carbocycles. The van der Waals surface area contributed by atoms with E-state index in [1.165, 1.54) is 6.33 Å². The molecule has 0 saturated carbocycles. The number of ether oxygens (including phenoxy) is 1. The Bertz CT molecular complexity index is 759. The van der Waals surface area contributed by atoms with Crippen LogP contribution in [0.2, 0.25) is 0 Å². The Balaban J connectivity index is 2.10. The number of nitrogens with zero attached hydrogens (tertiary/aromatic N) is 3. The molecule has 6 nitrogen and oxygen atoms in total. The lowest BCUT2D eigenvalue weighted by Gasteiger charge is -2.28. The number of allylic oxidation sites excluding steroid dienone is 1. The number of esters is 1. The summed E-state index contributed by atoms with van der Waals surface area (Å²) in [6.07, 6.45) is 1.30. The molecule has 0 fully saturated rings. The van der Waals surface area contributed by atoms with Crippen molar-refractivity contribution in [2.45, 2.75) is 39.8 Å². The fraction of sp³-hybridized carbons (Fsp3) is 0.353. The number of carbonyl (C=O) groups excluding carboxylic acids is 1. The summed E-state index contributed by atoms with van der Waals surface area (Å²) in [4.78, 5) is 16.8. The van der Waals surface area contributed by atoms with E-state index in [4.69, 9.17) is 4.74 Å². The molecule has 0 spiro atoms. The van der Waals surface area contributed by atoms with Gasteiger partial charge in [0, 0.05) is 5.70 Å². The van der Waals surface area contributed by atoms with Crippen molar-refractivity contribution in [3.8, 4) is 0 Å². The van der Waals surface area contributed by atoms with Crippen LogP contribution in [0.3, 0.4) is 0 Å². The number of nitrogens with one attached hydrogen (secondary N) is 1. The molecule has 0 amide bonds. The predicted molar refractivity (Wildman–Crippen MR) is 86.9 cm³/mol. The van der Waals surface area contributed by atoms with Crippen LogP contribution in [0.5, 0.6) is 0 Å². The Morgan fingerprint density at radius 3 is 2.61 bits per heavy atom. The Kier molecular flexibility index (Phi) is 3.90. The van der Waals surface area contributed by atoms with E-state index in [1.807, 2.05) is 52.0 Å². The number of hydrogen-bond acceptors (Lipinski definition) is 5. The fourth-order valence-electron chi connectivity index (χ4n) is 2.69. The molecule has 0 unspecified atom stereocenters. The molecule has 2 aromatic rings. The lowest BCUT2D eigenvalue weighted by molar-refractivity contribution is -0.143. The molecule has 2 heterocycles. The molecular weight excluding hydrogens is 292 g/mol. The van der Waals surface area contributed by atoms with E-state index >= 15 is 0 Å². The van der Waals surface area contributed by atoms with Gasteiger partial charge in [-0.25, -0.2) is 9.48 Å². The third kappa shape index (κ3) is 2.84. The Labute approximate surface area is 135 Å². The molecule has 1 aliphatic rings. The first-order chi connectivity index (χ1) is 11.0. The molecule has 6 heteroatoms. The molecule has 23 heavy (non-hydrogen) atoms. The standard InChI is InChI=1S/C17H20N4O2/c1-10(2)23-16(22)14-12(4)20-17-18-9-19-21(17)15(14)13-7-5-11(3)6-8-13/h5-10,15H,1-4H3,(H,18,19,20)/t15-/m0/s1. The molecule has 0 saturated heterocycles. The molecule has 1 aliphatic heterocycles. The fourth-order valence-corrected chi connectivity index (χ4v) is 2.69. The van der Waals surface area contributed by atoms with Gasteiger partial charge < -0.3 is 10.1 Å². The minimum atomic E-state index is -0.347. The highest BCUT2D eigenvalue weighted by molar-refractivity contribution is 5.92. The summed E-state index contributed by atoms with van der Waals surface area (Å²) in [6, 6.07) is 7.71. The van der Waals surface area contributed by atoms with Crippen LogP contribution < -0.4 is 5.32 Å². The molecule has 1 aromatic carbocycles. The van der Waals surface area contributed by atoms with Crippen LogP contribution >= 0.6 is 0 Å². The molecule has 0 bridgehead atoms. The zero-order valence-electron chi connectivity index (χ0n) is 13.7. The van der Waals surface area contributed by atoms with Gasteiger partial charge in [0.1, 0.15) is 12.4 Å². The minimum absolute atomic E-state index is 0.182. The molecule has 120 valence electrons. The number of aromatic nitrogens is 3. The van der Waals surface area contributed by atoms with E-state index in [0.717, 1.165) is 16.8 Å². The number of aryl methyl sites for hydroxylation is 1. The van der Waals surface area contributed by atoms with Crippen molar-refractivity contribution in [1.82, 2.24) is 14.8 Å². The van der Waals surface area contributed by atoms with Gasteiger partial charge in [-0.3, -0.25) is 0 Å². The van der Waals surface area contributed by atoms with Gasteiger partial charge in [-0.05, 0) is 33.3 Å². The SMILES string of the molecule is CC1=C(C(=O)OC(C)C)[C@H](c2ccc(C)cc2)n2ncnc2N1. The van der Waals surface area contributed by atoms with Crippen molar-refractivity contribution < 1.29 is 9.53 Å². The molecule has 1 N–H and O–H groups in total. The van der Waals surface area contributed by atoms with E-state index in [9.17, 15) is 4.79 Å². The lowest BCUT2D eigenvalue weighted by Crippen LogP contribution is -2.30. The van der Waals surface area contributed by atoms with Crippen molar-refractivity contribution in [2.75, 3.05) is 5.32 Å². The van der Waals surface area contributed by atoms with Gasteiger partial charge in [0.25, 0.3) is 0 Å². The van der Waals surface area contributed by atoms with Crippen LogP contribution in [0.4, 0.5) is 5.95 Å². The summed E-state index contributed by atoms with van der Waals surface area (Å²) in [7, 11) is 0. The maximum atomic E-state index is 12.6. The quantitative estimate of drug-likeness (QED) is 0.883. The largest absolute Gasteiger partial charge is 0.459 e. The average molecular weight is 312 g/mol. The Morgan fingerprint density at radius 2 is 1.96 bits per heavy atom. The molecule has 0 radical (unpaired) electrons. The van der Waals surface area contributed by atoms with Crippen molar-refractivity contribution in [3.05, 3.63) is 53.0 Å². The summed E-state index contributed by atoms with van der Waals surface area (Å²) < 4.78 is 7.15. The normalized spacial score (nSPS) is 17.0. The van der Waals surface area contributed by atoms with Crippen LogP contribution in [0.15, 0.2) is 41.9 Å². The number of fused-ring (bicyclic) bond motifs is 1. The van der Waals surface area contributed by atoms with Crippen LogP contribution in [0, 0.1) is 6.92 Å². The highest BCUT2D eigenvalue weighted by Gasteiger charge is 2.34. The van der Waals surface area contributed by atoms with Crippen LogP contribution in [0.1, 0.15) is 37.9 Å². The zero-order valence-corrected chi connectivity index (χ0v) is 13.7. The van der Waals surface area contributed by atoms with Gasteiger partial charge in [0.15, 0.2) is 0 Å². The maximum absolute atomic E-state index is 12.6. The van der Waals surface area contributed by atoms with Gasteiger partial charge >= 0.3 is 5.97 Å². The van der Waals surface area contributed by atoms with Gasteiger partial charge in [-0.1, -0.05) is 29.8 Å². The third-order valence-electron chi connectivity index (χ3n) is 3.75. The lowest BCUT2D eigenvalue weighted by atomic mass is 9.95. The third-order valence-corrected chi connectivity index (χ3v) is 3.75. The highest BCUT2D eigenvalue weighted by Crippen LogP contribution is 2.35. The predicted octanol–water partition coefficient (Wildman–Crippen LogP) is 2.83. The Hall–Kier alpha value is -2.63. The monoisotopic (exact) mass is 312 g/mol. The summed E-state index contributed by atoms with van der Waals surface area (Å²) in [6.45, 7) is 7.57. The highest BCUT2D eigenvalue weighted by atomic mass is 16.5. The van der Waals surface area contributed by atoms with E-state index in [1.54, 1.807) is 4.68 Å².